The smallest absolute Gasteiger partial charge is 0.232 e. The number of nitrogens with one attached hydrogen (secondary N) is 1. The van der Waals surface area contributed by atoms with Crippen molar-refractivity contribution >= 4 is 23.6 Å². The van der Waals surface area contributed by atoms with Crippen molar-refractivity contribution < 1.29 is 19.1 Å². The number of ether oxygens (including phenoxy) is 2. The SMILES string of the molecule is COc1ccc(CNC(=O)CC[C@@H]2CCCN(C(=O)CSC)C2)c(OC)c1. The Bertz CT molecular complexity index is 638. The predicted octanol–water partition coefficient (Wildman–Crippen LogP) is 2.70. The summed E-state index contributed by atoms with van der Waals surface area (Å²) in [5, 5.41) is 2.96. The summed E-state index contributed by atoms with van der Waals surface area (Å²) in [4.78, 5) is 26.2. The summed E-state index contributed by atoms with van der Waals surface area (Å²) in [6, 6.07) is 5.56. The highest BCUT2D eigenvalue weighted by Crippen LogP contribution is 2.25. The lowest BCUT2D eigenvalue weighted by Crippen LogP contribution is -2.41. The van der Waals surface area contributed by atoms with Gasteiger partial charge in [-0.05, 0) is 43.6 Å². The second-order valence-electron chi connectivity index (χ2n) is 6.77. The van der Waals surface area contributed by atoms with Gasteiger partial charge in [0.2, 0.25) is 11.8 Å². The maximum atomic E-state index is 12.2. The van der Waals surface area contributed by atoms with Gasteiger partial charge in [0, 0.05) is 37.7 Å². The number of methoxy groups -OCH3 is 2. The maximum Gasteiger partial charge on any atom is 0.232 e. The molecule has 0 aromatic heterocycles. The number of carbonyl (C=O) groups excluding carboxylic acids is 2. The minimum Gasteiger partial charge on any atom is -0.497 e. The third kappa shape index (κ3) is 6.65. The Morgan fingerprint density at radius 2 is 2.11 bits per heavy atom. The molecule has 1 fully saturated rings. The van der Waals surface area contributed by atoms with Crippen molar-refractivity contribution in [1.82, 2.24) is 10.2 Å². The molecule has 7 heteroatoms. The molecule has 1 aliphatic rings. The van der Waals surface area contributed by atoms with Gasteiger partial charge < -0.3 is 19.7 Å². The van der Waals surface area contributed by atoms with Gasteiger partial charge in [-0.3, -0.25) is 9.59 Å². The van der Waals surface area contributed by atoms with Gasteiger partial charge in [0.05, 0.1) is 20.0 Å². The van der Waals surface area contributed by atoms with E-state index in [0.29, 0.717) is 30.4 Å². The van der Waals surface area contributed by atoms with Crippen molar-refractivity contribution in [2.45, 2.75) is 32.2 Å². The largest absolute Gasteiger partial charge is 0.497 e. The zero-order chi connectivity index (χ0) is 19.6. The van der Waals surface area contributed by atoms with Crippen LogP contribution in [-0.4, -0.2) is 56.0 Å². The van der Waals surface area contributed by atoms with Crippen LogP contribution in [0.2, 0.25) is 0 Å². The number of likely N-dealkylation sites (tertiary alicyclic amines) is 1. The van der Waals surface area contributed by atoms with E-state index in [-0.39, 0.29) is 11.8 Å². The molecular weight excluding hydrogens is 364 g/mol. The number of hydrogen-bond donors (Lipinski definition) is 1. The third-order valence-corrected chi connectivity index (χ3v) is 5.43. The number of nitrogens with zero attached hydrogens (tertiary/aromatic N) is 1. The zero-order valence-electron chi connectivity index (χ0n) is 16.5. The first-order chi connectivity index (χ1) is 13.1. The van der Waals surface area contributed by atoms with E-state index in [4.69, 9.17) is 9.47 Å². The zero-order valence-corrected chi connectivity index (χ0v) is 17.3. The summed E-state index contributed by atoms with van der Waals surface area (Å²) in [5.41, 5.74) is 0.915. The summed E-state index contributed by atoms with van der Waals surface area (Å²) < 4.78 is 10.5. The Balaban J connectivity index is 1.77. The number of benzene rings is 1. The molecule has 0 radical (unpaired) electrons. The topological polar surface area (TPSA) is 67.9 Å². The van der Waals surface area contributed by atoms with E-state index in [2.05, 4.69) is 5.32 Å². The molecule has 1 aromatic carbocycles. The van der Waals surface area contributed by atoms with E-state index < -0.39 is 0 Å². The van der Waals surface area contributed by atoms with Crippen molar-refractivity contribution in [2.24, 2.45) is 5.92 Å². The quantitative estimate of drug-likeness (QED) is 0.697. The highest BCUT2D eigenvalue weighted by atomic mass is 32.2. The van der Waals surface area contributed by atoms with Crippen LogP contribution in [0.25, 0.3) is 0 Å². The van der Waals surface area contributed by atoms with Gasteiger partial charge in [-0.1, -0.05) is 0 Å². The Kier molecular flexibility index (Phi) is 8.78. The average molecular weight is 395 g/mol. The molecule has 1 N–H and O–H groups in total. The fourth-order valence-corrected chi connectivity index (χ4v) is 3.79. The molecule has 1 heterocycles. The minimum absolute atomic E-state index is 0.0282. The molecule has 1 atom stereocenters. The third-order valence-electron chi connectivity index (χ3n) is 4.89. The molecule has 27 heavy (non-hydrogen) atoms. The molecule has 0 bridgehead atoms. The fraction of sp³-hybridized carbons (Fsp3) is 0.600. The first-order valence-corrected chi connectivity index (χ1v) is 10.7. The molecule has 0 aliphatic carbocycles. The van der Waals surface area contributed by atoms with E-state index in [0.717, 1.165) is 43.7 Å². The van der Waals surface area contributed by atoms with Gasteiger partial charge in [0.1, 0.15) is 11.5 Å². The average Bonchev–Trinajstić information content (AvgIpc) is 2.70. The number of hydrogen-bond acceptors (Lipinski definition) is 5. The molecular formula is C20H30N2O4S. The molecule has 150 valence electrons. The Morgan fingerprint density at radius 3 is 2.81 bits per heavy atom. The van der Waals surface area contributed by atoms with Crippen LogP contribution in [0.5, 0.6) is 11.5 Å². The Hall–Kier alpha value is -1.89. The molecule has 1 aromatic rings. The van der Waals surface area contributed by atoms with E-state index in [1.54, 1.807) is 26.0 Å². The fourth-order valence-electron chi connectivity index (χ4n) is 3.36. The summed E-state index contributed by atoms with van der Waals surface area (Å²) in [6.07, 6.45) is 5.35. The maximum absolute atomic E-state index is 12.2. The number of piperidine rings is 1. The summed E-state index contributed by atoms with van der Waals surface area (Å²) in [7, 11) is 3.21. The number of carbonyl (C=O) groups is 2. The van der Waals surface area contributed by atoms with Crippen LogP contribution in [0.4, 0.5) is 0 Å². The normalized spacial score (nSPS) is 16.7. The van der Waals surface area contributed by atoms with E-state index >= 15 is 0 Å². The Labute approximate surface area is 166 Å². The van der Waals surface area contributed by atoms with Crippen molar-refractivity contribution in [2.75, 3.05) is 39.3 Å². The van der Waals surface area contributed by atoms with Gasteiger partial charge in [-0.15, -0.1) is 0 Å². The second kappa shape index (κ2) is 11.1. The monoisotopic (exact) mass is 394 g/mol. The van der Waals surface area contributed by atoms with E-state index in [9.17, 15) is 9.59 Å². The summed E-state index contributed by atoms with van der Waals surface area (Å²) in [5.74, 6) is 2.61. The molecule has 1 aliphatic heterocycles. The van der Waals surface area contributed by atoms with Crippen LogP contribution < -0.4 is 14.8 Å². The number of rotatable bonds is 9. The first-order valence-electron chi connectivity index (χ1n) is 9.31. The van der Waals surface area contributed by atoms with Crippen LogP contribution in [0, 0.1) is 5.92 Å². The first kappa shape index (κ1) is 21.4. The molecule has 2 amide bonds. The van der Waals surface area contributed by atoms with Gasteiger partial charge >= 0.3 is 0 Å². The van der Waals surface area contributed by atoms with Gasteiger partial charge in [-0.25, -0.2) is 0 Å². The van der Waals surface area contributed by atoms with Crippen molar-refractivity contribution in [3.63, 3.8) is 0 Å². The lowest BCUT2D eigenvalue weighted by atomic mass is 9.93. The van der Waals surface area contributed by atoms with Crippen molar-refractivity contribution in [3.05, 3.63) is 23.8 Å². The van der Waals surface area contributed by atoms with E-state index in [1.807, 2.05) is 29.4 Å². The standard InChI is InChI=1S/C20H30N2O4S/c1-25-17-8-7-16(18(11-17)26-2)12-21-19(23)9-6-15-5-4-10-22(13-15)20(24)14-27-3/h7-8,11,15H,4-6,9-10,12-14H2,1-3H3,(H,21,23)/t15-/m0/s1. The van der Waals surface area contributed by atoms with Crippen molar-refractivity contribution in [3.8, 4) is 11.5 Å². The summed E-state index contributed by atoms with van der Waals surface area (Å²) >= 11 is 1.56. The molecule has 2 rings (SSSR count). The van der Waals surface area contributed by atoms with E-state index in [1.165, 1.54) is 0 Å². The highest BCUT2D eigenvalue weighted by Gasteiger charge is 2.23. The highest BCUT2D eigenvalue weighted by molar-refractivity contribution is 7.99. The molecule has 0 unspecified atom stereocenters. The molecule has 6 nitrogen and oxygen atoms in total. The number of thioether (sulfide) groups is 1. The summed E-state index contributed by atoms with van der Waals surface area (Å²) in [6.45, 7) is 2.05. The lowest BCUT2D eigenvalue weighted by Gasteiger charge is -2.32. The number of amides is 2. The van der Waals surface area contributed by atoms with Gasteiger partial charge in [0.15, 0.2) is 0 Å². The van der Waals surface area contributed by atoms with Crippen LogP contribution in [0.15, 0.2) is 18.2 Å². The van der Waals surface area contributed by atoms with Crippen LogP contribution >= 0.6 is 11.8 Å². The lowest BCUT2D eigenvalue weighted by molar-refractivity contribution is -0.130. The Morgan fingerprint density at radius 1 is 1.30 bits per heavy atom. The van der Waals surface area contributed by atoms with Gasteiger partial charge in [0.25, 0.3) is 0 Å². The van der Waals surface area contributed by atoms with Crippen molar-refractivity contribution in [1.29, 1.82) is 0 Å². The molecule has 0 saturated carbocycles. The predicted molar refractivity (Wildman–Crippen MR) is 108 cm³/mol. The molecule has 0 spiro atoms. The van der Waals surface area contributed by atoms with Gasteiger partial charge in [-0.2, -0.15) is 11.8 Å². The van der Waals surface area contributed by atoms with Crippen LogP contribution in [0.3, 0.4) is 0 Å². The minimum atomic E-state index is 0.0282. The molecule has 1 saturated heterocycles. The van der Waals surface area contributed by atoms with Crippen LogP contribution in [-0.2, 0) is 16.1 Å². The van der Waals surface area contributed by atoms with Crippen LogP contribution in [0.1, 0.15) is 31.2 Å². The second-order valence-corrected chi connectivity index (χ2v) is 7.64.